The van der Waals surface area contributed by atoms with Crippen molar-refractivity contribution >= 4 is 34.3 Å². The molecule has 0 saturated heterocycles. The van der Waals surface area contributed by atoms with Crippen LogP contribution in [0, 0.1) is 0 Å². The van der Waals surface area contributed by atoms with Gasteiger partial charge in [-0.3, -0.25) is 14.4 Å². The highest BCUT2D eigenvalue weighted by atomic mass is 16.5. The molecule has 0 fully saturated rings. The van der Waals surface area contributed by atoms with Crippen molar-refractivity contribution < 1.29 is 19.1 Å². The third kappa shape index (κ3) is 4.28. The Kier molecular flexibility index (Phi) is 6.06. The summed E-state index contributed by atoms with van der Waals surface area (Å²) in [6.45, 7) is 2.91. The van der Waals surface area contributed by atoms with Gasteiger partial charge in [0.15, 0.2) is 0 Å². The average molecular weight is 468 g/mol. The van der Waals surface area contributed by atoms with Crippen LogP contribution in [0.15, 0.2) is 72.9 Å². The first-order valence-electron chi connectivity index (χ1n) is 11.7. The average Bonchev–Trinajstić information content (AvgIpc) is 3.40. The van der Waals surface area contributed by atoms with Gasteiger partial charge in [-0.05, 0) is 73.9 Å². The Morgan fingerprint density at radius 2 is 1.74 bits per heavy atom. The van der Waals surface area contributed by atoms with Crippen molar-refractivity contribution in [3.8, 4) is 5.75 Å². The molecule has 1 aromatic heterocycles. The maximum Gasteiger partial charge on any atom is 0.266 e. The maximum atomic E-state index is 13.0. The molecule has 3 aromatic carbocycles. The molecule has 3 amide bonds. The van der Waals surface area contributed by atoms with Crippen LogP contribution in [-0.2, 0) is 6.42 Å². The number of imide groups is 1. The Morgan fingerprint density at radius 3 is 2.54 bits per heavy atom. The molecule has 35 heavy (non-hydrogen) atoms. The van der Waals surface area contributed by atoms with Crippen LogP contribution < -0.4 is 15.0 Å². The number of carbonyl (C=O) groups is 3. The monoisotopic (exact) mass is 467 g/mol. The smallest absolute Gasteiger partial charge is 0.266 e. The molecule has 2 N–H and O–H groups in total. The summed E-state index contributed by atoms with van der Waals surface area (Å²) in [5.74, 6) is -0.453. The van der Waals surface area contributed by atoms with Crippen LogP contribution in [0.2, 0.25) is 0 Å². The molecule has 5 rings (SSSR count). The largest absolute Gasteiger partial charge is 0.494 e. The number of aryl methyl sites for hydroxylation is 1. The molecule has 7 heteroatoms. The van der Waals surface area contributed by atoms with Gasteiger partial charge in [0.1, 0.15) is 5.75 Å². The van der Waals surface area contributed by atoms with Crippen molar-refractivity contribution in [3.63, 3.8) is 0 Å². The van der Waals surface area contributed by atoms with E-state index in [0.717, 1.165) is 23.3 Å². The molecule has 1 aliphatic rings. The highest BCUT2D eigenvalue weighted by Gasteiger charge is 2.37. The fourth-order valence-electron chi connectivity index (χ4n) is 4.40. The van der Waals surface area contributed by atoms with E-state index in [0.29, 0.717) is 35.7 Å². The first-order valence-corrected chi connectivity index (χ1v) is 11.7. The van der Waals surface area contributed by atoms with Crippen LogP contribution in [0.5, 0.6) is 5.75 Å². The molecule has 0 unspecified atom stereocenters. The van der Waals surface area contributed by atoms with E-state index in [9.17, 15) is 14.4 Å². The number of amides is 3. The Bertz CT molecular complexity index is 1420. The van der Waals surface area contributed by atoms with Crippen LogP contribution in [0.3, 0.4) is 0 Å². The summed E-state index contributed by atoms with van der Waals surface area (Å²) in [4.78, 5) is 43.0. The van der Waals surface area contributed by atoms with E-state index >= 15 is 0 Å². The molecule has 0 saturated carbocycles. The van der Waals surface area contributed by atoms with E-state index in [1.54, 1.807) is 36.4 Å². The van der Waals surface area contributed by atoms with Crippen LogP contribution >= 0.6 is 0 Å². The van der Waals surface area contributed by atoms with Crippen LogP contribution in [0.25, 0.3) is 10.9 Å². The highest BCUT2D eigenvalue weighted by Crippen LogP contribution is 2.30. The molecule has 0 bridgehead atoms. The van der Waals surface area contributed by atoms with Crippen LogP contribution in [0.1, 0.15) is 50.0 Å². The Morgan fingerprint density at radius 1 is 0.971 bits per heavy atom. The minimum absolute atomic E-state index is 0.232. The molecule has 0 atom stereocenters. The van der Waals surface area contributed by atoms with Gasteiger partial charge in [-0.15, -0.1) is 0 Å². The zero-order valence-electron chi connectivity index (χ0n) is 19.3. The predicted molar refractivity (Wildman–Crippen MR) is 134 cm³/mol. The molecular formula is C28H25N3O4. The van der Waals surface area contributed by atoms with Gasteiger partial charge in [0.05, 0.1) is 23.4 Å². The van der Waals surface area contributed by atoms with Gasteiger partial charge in [0, 0.05) is 29.2 Å². The fraction of sp³-hybridized carbons (Fsp3) is 0.179. The van der Waals surface area contributed by atoms with E-state index in [2.05, 4.69) is 16.4 Å². The lowest BCUT2D eigenvalue weighted by molar-refractivity contribution is 0.0923. The third-order valence-corrected chi connectivity index (χ3v) is 6.14. The molecule has 176 valence electrons. The van der Waals surface area contributed by atoms with E-state index in [1.807, 2.05) is 31.3 Å². The van der Waals surface area contributed by atoms with E-state index in [-0.39, 0.29) is 11.5 Å². The number of H-pyrrole nitrogens is 1. The number of para-hydroxylation sites is 1. The molecule has 0 aliphatic carbocycles. The number of rotatable bonds is 8. The van der Waals surface area contributed by atoms with Crippen molar-refractivity contribution in [2.75, 3.05) is 18.1 Å². The second kappa shape index (κ2) is 9.46. The topological polar surface area (TPSA) is 91.5 Å². The van der Waals surface area contributed by atoms with E-state index in [1.165, 1.54) is 17.0 Å². The van der Waals surface area contributed by atoms with Gasteiger partial charge in [-0.2, -0.15) is 0 Å². The van der Waals surface area contributed by atoms with Gasteiger partial charge >= 0.3 is 0 Å². The van der Waals surface area contributed by atoms with Crippen LogP contribution in [0.4, 0.5) is 5.69 Å². The number of hydrogen-bond acceptors (Lipinski definition) is 4. The zero-order chi connectivity index (χ0) is 24.4. The van der Waals surface area contributed by atoms with E-state index < -0.39 is 11.8 Å². The number of aromatic nitrogens is 1. The summed E-state index contributed by atoms with van der Waals surface area (Å²) in [7, 11) is 0. The lowest BCUT2D eigenvalue weighted by Crippen LogP contribution is -2.29. The standard InChI is InChI=1S/C28H25N3O4/c1-2-35-21-12-10-20(11-13-21)31-27(33)23-14-9-18(16-24(23)28(31)34)26(32)29-15-5-6-19-17-30-25-8-4-3-7-22(19)25/h3-4,7-14,16-17,30H,2,5-6,15H2,1H3,(H,29,32). The number of fused-ring (bicyclic) bond motifs is 2. The Hall–Kier alpha value is -4.39. The highest BCUT2D eigenvalue weighted by molar-refractivity contribution is 6.34. The van der Waals surface area contributed by atoms with E-state index in [4.69, 9.17) is 4.74 Å². The van der Waals surface area contributed by atoms with Gasteiger partial charge in [-0.1, -0.05) is 18.2 Å². The lowest BCUT2D eigenvalue weighted by Gasteiger charge is -2.14. The van der Waals surface area contributed by atoms with Crippen molar-refractivity contribution in [1.82, 2.24) is 10.3 Å². The van der Waals surface area contributed by atoms with Gasteiger partial charge < -0.3 is 15.0 Å². The summed E-state index contributed by atoms with van der Waals surface area (Å²) in [6.07, 6.45) is 3.62. The molecular weight excluding hydrogens is 442 g/mol. The molecule has 4 aromatic rings. The van der Waals surface area contributed by atoms with Crippen molar-refractivity contribution in [2.45, 2.75) is 19.8 Å². The maximum absolute atomic E-state index is 13.0. The first-order chi connectivity index (χ1) is 17.1. The van der Waals surface area contributed by atoms with Crippen molar-refractivity contribution in [1.29, 1.82) is 0 Å². The number of nitrogens with one attached hydrogen (secondary N) is 2. The number of benzene rings is 3. The fourth-order valence-corrected chi connectivity index (χ4v) is 4.40. The summed E-state index contributed by atoms with van der Waals surface area (Å²) in [6, 6.07) is 19.5. The minimum Gasteiger partial charge on any atom is -0.494 e. The quantitative estimate of drug-likeness (QED) is 0.290. The van der Waals surface area contributed by atoms with Crippen LogP contribution in [-0.4, -0.2) is 35.9 Å². The number of nitrogens with zero attached hydrogens (tertiary/aromatic N) is 1. The molecule has 2 heterocycles. The molecule has 1 aliphatic heterocycles. The summed E-state index contributed by atoms with van der Waals surface area (Å²) < 4.78 is 5.43. The molecule has 0 radical (unpaired) electrons. The second-order valence-corrected chi connectivity index (χ2v) is 8.35. The number of carbonyl (C=O) groups excluding carboxylic acids is 3. The van der Waals surface area contributed by atoms with Gasteiger partial charge in [-0.25, -0.2) is 4.90 Å². The molecule has 7 nitrogen and oxygen atoms in total. The first kappa shape index (κ1) is 22.4. The molecule has 0 spiro atoms. The summed E-state index contributed by atoms with van der Waals surface area (Å²) >= 11 is 0. The number of aromatic amines is 1. The zero-order valence-corrected chi connectivity index (χ0v) is 19.3. The lowest BCUT2D eigenvalue weighted by atomic mass is 10.1. The SMILES string of the molecule is CCOc1ccc(N2C(=O)c3ccc(C(=O)NCCCc4c[nH]c5ccccc45)cc3C2=O)cc1. The summed E-state index contributed by atoms with van der Waals surface area (Å²) in [5.41, 5.74) is 3.65. The number of anilines is 1. The predicted octanol–water partition coefficient (Wildman–Crippen LogP) is 4.73. The third-order valence-electron chi connectivity index (χ3n) is 6.14. The Labute approximate surface area is 202 Å². The van der Waals surface area contributed by atoms with Gasteiger partial charge in [0.25, 0.3) is 17.7 Å². The number of ether oxygens (including phenoxy) is 1. The second-order valence-electron chi connectivity index (χ2n) is 8.35. The number of hydrogen-bond donors (Lipinski definition) is 2. The normalized spacial score (nSPS) is 12.8. The Balaban J connectivity index is 1.23. The van der Waals surface area contributed by atoms with Crippen molar-refractivity contribution in [2.24, 2.45) is 0 Å². The van der Waals surface area contributed by atoms with Crippen molar-refractivity contribution in [3.05, 3.63) is 95.2 Å². The van der Waals surface area contributed by atoms with Gasteiger partial charge in [0.2, 0.25) is 0 Å². The summed E-state index contributed by atoms with van der Waals surface area (Å²) in [5, 5.41) is 4.11. The minimum atomic E-state index is -0.442.